The average molecular weight is 283 g/mol. The van der Waals surface area contributed by atoms with E-state index in [0.717, 1.165) is 24.6 Å². The Hall–Kier alpha value is -1.87. The highest BCUT2D eigenvalue weighted by molar-refractivity contribution is 5.41. The van der Waals surface area contributed by atoms with Crippen LogP contribution in [0.3, 0.4) is 0 Å². The number of benzene rings is 1. The molecule has 1 aromatic carbocycles. The lowest BCUT2D eigenvalue weighted by Gasteiger charge is -2.20. The summed E-state index contributed by atoms with van der Waals surface area (Å²) in [5, 5.41) is 3.44. The summed E-state index contributed by atoms with van der Waals surface area (Å²) < 4.78 is 0. The van der Waals surface area contributed by atoms with E-state index in [4.69, 9.17) is 4.98 Å². The normalized spacial score (nSPS) is 10.9. The maximum absolute atomic E-state index is 4.73. The highest BCUT2D eigenvalue weighted by atomic mass is 15.2. The van der Waals surface area contributed by atoms with Gasteiger partial charge in [0.15, 0.2) is 0 Å². The summed E-state index contributed by atoms with van der Waals surface area (Å²) in [5.74, 6) is 1.02. The van der Waals surface area contributed by atoms with Crippen LogP contribution in [0.25, 0.3) is 0 Å². The number of hydrogen-bond donors (Lipinski definition) is 1. The summed E-state index contributed by atoms with van der Waals surface area (Å²) in [6, 6.07) is 15.2. The molecule has 0 bridgehead atoms. The number of aromatic nitrogens is 1. The second-order valence-electron chi connectivity index (χ2n) is 5.79. The minimum Gasteiger partial charge on any atom is -0.355 e. The van der Waals surface area contributed by atoms with Gasteiger partial charge in [-0.3, -0.25) is 0 Å². The molecule has 0 fully saturated rings. The Morgan fingerprint density at radius 1 is 1.10 bits per heavy atom. The Morgan fingerprint density at radius 2 is 1.81 bits per heavy atom. The van der Waals surface area contributed by atoms with Gasteiger partial charge in [-0.1, -0.05) is 50.2 Å². The molecule has 0 saturated carbocycles. The van der Waals surface area contributed by atoms with Gasteiger partial charge in [-0.2, -0.15) is 0 Å². The van der Waals surface area contributed by atoms with Crippen molar-refractivity contribution in [3.8, 4) is 0 Å². The monoisotopic (exact) mass is 283 g/mol. The molecular weight excluding hydrogens is 258 g/mol. The minimum atomic E-state index is 0.491. The van der Waals surface area contributed by atoms with E-state index in [1.54, 1.807) is 0 Å². The molecule has 112 valence electrons. The first-order valence-electron chi connectivity index (χ1n) is 7.51. The van der Waals surface area contributed by atoms with E-state index in [1.807, 2.05) is 6.07 Å². The van der Waals surface area contributed by atoms with Crippen molar-refractivity contribution in [2.45, 2.75) is 39.9 Å². The van der Waals surface area contributed by atoms with Crippen molar-refractivity contribution in [1.29, 1.82) is 0 Å². The minimum absolute atomic E-state index is 0.491. The molecule has 0 radical (unpaired) electrons. The van der Waals surface area contributed by atoms with Gasteiger partial charge < -0.3 is 10.2 Å². The highest BCUT2D eigenvalue weighted by Crippen LogP contribution is 2.16. The van der Waals surface area contributed by atoms with Crippen molar-refractivity contribution in [2.24, 2.45) is 0 Å². The fraction of sp³-hybridized carbons (Fsp3) is 0.389. The third kappa shape index (κ3) is 4.57. The SMILES string of the molecule is Cc1nc(N(C)Cc2ccccc2)ccc1CNC(C)C. The quantitative estimate of drug-likeness (QED) is 0.879. The zero-order valence-corrected chi connectivity index (χ0v) is 13.4. The molecule has 0 atom stereocenters. The molecule has 1 N–H and O–H groups in total. The van der Waals surface area contributed by atoms with E-state index in [1.165, 1.54) is 11.1 Å². The number of rotatable bonds is 6. The Balaban J connectivity index is 2.05. The van der Waals surface area contributed by atoms with Crippen molar-refractivity contribution in [2.75, 3.05) is 11.9 Å². The van der Waals surface area contributed by atoms with Crippen LogP contribution in [-0.2, 0) is 13.1 Å². The number of anilines is 1. The van der Waals surface area contributed by atoms with Crippen LogP contribution in [0, 0.1) is 6.92 Å². The molecular formula is C18H25N3. The predicted octanol–water partition coefficient (Wildman–Crippen LogP) is 3.52. The topological polar surface area (TPSA) is 28.2 Å². The highest BCUT2D eigenvalue weighted by Gasteiger charge is 2.07. The molecule has 3 heteroatoms. The van der Waals surface area contributed by atoms with Crippen molar-refractivity contribution in [3.05, 3.63) is 59.3 Å². The smallest absolute Gasteiger partial charge is 0.128 e. The van der Waals surface area contributed by atoms with Gasteiger partial charge in [0, 0.05) is 31.9 Å². The van der Waals surface area contributed by atoms with Crippen molar-refractivity contribution >= 4 is 5.82 Å². The standard InChI is InChI=1S/C18H25N3/c1-14(2)19-12-17-10-11-18(20-15(17)3)21(4)13-16-8-6-5-7-9-16/h5-11,14,19H,12-13H2,1-4H3. The zero-order chi connectivity index (χ0) is 15.2. The summed E-state index contributed by atoms with van der Waals surface area (Å²) in [6.45, 7) is 8.14. The van der Waals surface area contributed by atoms with E-state index in [9.17, 15) is 0 Å². The van der Waals surface area contributed by atoms with Gasteiger partial charge in [-0.15, -0.1) is 0 Å². The van der Waals surface area contributed by atoms with E-state index in [-0.39, 0.29) is 0 Å². The van der Waals surface area contributed by atoms with Crippen LogP contribution in [0.1, 0.15) is 30.7 Å². The van der Waals surface area contributed by atoms with E-state index >= 15 is 0 Å². The number of hydrogen-bond acceptors (Lipinski definition) is 3. The lowest BCUT2D eigenvalue weighted by atomic mass is 10.2. The van der Waals surface area contributed by atoms with Gasteiger partial charge in [0.25, 0.3) is 0 Å². The second kappa shape index (κ2) is 7.23. The largest absolute Gasteiger partial charge is 0.355 e. The molecule has 0 saturated heterocycles. The summed E-state index contributed by atoms with van der Waals surface area (Å²) in [6.07, 6.45) is 0. The molecule has 0 amide bonds. The number of aryl methyl sites for hydroxylation is 1. The Morgan fingerprint density at radius 3 is 2.43 bits per heavy atom. The third-order valence-electron chi connectivity index (χ3n) is 3.53. The van der Waals surface area contributed by atoms with Crippen LogP contribution in [-0.4, -0.2) is 18.1 Å². The van der Waals surface area contributed by atoms with Gasteiger partial charge >= 0.3 is 0 Å². The van der Waals surface area contributed by atoms with Crippen LogP contribution in [0.5, 0.6) is 0 Å². The summed E-state index contributed by atoms with van der Waals surface area (Å²) >= 11 is 0. The zero-order valence-electron chi connectivity index (χ0n) is 13.4. The van der Waals surface area contributed by atoms with Gasteiger partial charge in [0.05, 0.1) is 0 Å². The molecule has 0 aliphatic rings. The molecule has 0 spiro atoms. The summed E-state index contributed by atoms with van der Waals surface area (Å²) in [7, 11) is 2.08. The van der Waals surface area contributed by atoms with Gasteiger partial charge in [-0.25, -0.2) is 4.98 Å². The Bertz CT molecular complexity index is 564. The maximum Gasteiger partial charge on any atom is 0.128 e. The first-order chi connectivity index (χ1) is 10.1. The lowest BCUT2D eigenvalue weighted by Crippen LogP contribution is -2.23. The summed E-state index contributed by atoms with van der Waals surface area (Å²) in [4.78, 5) is 6.92. The molecule has 0 aliphatic heterocycles. The number of nitrogens with zero attached hydrogens (tertiary/aromatic N) is 2. The molecule has 3 nitrogen and oxygen atoms in total. The fourth-order valence-electron chi connectivity index (χ4n) is 2.23. The number of pyridine rings is 1. The van der Waals surface area contributed by atoms with Crippen LogP contribution >= 0.6 is 0 Å². The van der Waals surface area contributed by atoms with Crippen molar-refractivity contribution in [3.63, 3.8) is 0 Å². The average Bonchev–Trinajstić information content (AvgIpc) is 2.46. The van der Waals surface area contributed by atoms with Crippen molar-refractivity contribution in [1.82, 2.24) is 10.3 Å². The second-order valence-corrected chi connectivity index (χ2v) is 5.79. The molecule has 0 aliphatic carbocycles. The van der Waals surface area contributed by atoms with E-state index in [2.05, 4.69) is 74.4 Å². The van der Waals surface area contributed by atoms with E-state index in [0.29, 0.717) is 6.04 Å². The molecule has 1 aromatic heterocycles. The van der Waals surface area contributed by atoms with E-state index < -0.39 is 0 Å². The number of nitrogens with one attached hydrogen (secondary N) is 1. The molecule has 21 heavy (non-hydrogen) atoms. The third-order valence-corrected chi connectivity index (χ3v) is 3.53. The molecule has 2 rings (SSSR count). The molecule has 2 aromatic rings. The van der Waals surface area contributed by atoms with Crippen LogP contribution < -0.4 is 10.2 Å². The fourth-order valence-corrected chi connectivity index (χ4v) is 2.23. The van der Waals surface area contributed by atoms with Crippen LogP contribution in [0.2, 0.25) is 0 Å². The Kier molecular flexibility index (Phi) is 5.34. The van der Waals surface area contributed by atoms with Gasteiger partial charge in [-0.05, 0) is 24.1 Å². The first kappa shape index (κ1) is 15.5. The summed E-state index contributed by atoms with van der Waals surface area (Å²) in [5.41, 5.74) is 3.66. The van der Waals surface area contributed by atoms with Crippen LogP contribution in [0.4, 0.5) is 5.82 Å². The predicted molar refractivity (Wildman–Crippen MR) is 89.5 cm³/mol. The Labute approximate surface area is 128 Å². The molecule has 0 unspecified atom stereocenters. The van der Waals surface area contributed by atoms with Crippen molar-refractivity contribution < 1.29 is 0 Å². The van der Waals surface area contributed by atoms with Gasteiger partial charge in [0.1, 0.15) is 5.82 Å². The van der Waals surface area contributed by atoms with Gasteiger partial charge in [0.2, 0.25) is 0 Å². The first-order valence-corrected chi connectivity index (χ1v) is 7.51. The molecule has 1 heterocycles. The maximum atomic E-state index is 4.73. The lowest BCUT2D eigenvalue weighted by molar-refractivity contribution is 0.586. The van der Waals surface area contributed by atoms with Crippen LogP contribution in [0.15, 0.2) is 42.5 Å².